The minimum absolute atomic E-state index is 0.633. The van der Waals surface area contributed by atoms with Gasteiger partial charge in [-0.1, -0.05) is 32.8 Å². The summed E-state index contributed by atoms with van der Waals surface area (Å²) >= 11 is 2.40. The average molecular weight is 331 g/mol. The largest absolute Gasteiger partial charge is 0.382 e. The van der Waals surface area contributed by atoms with Gasteiger partial charge in [-0.3, -0.25) is 0 Å². The fourth-order valence-corrected chi connectivity index (χ4v) is 2.42. The van der Waals surface area contributed by atoms with Crippen LogP contribution in [-0.4, -0.2) is 6.04 Å². The van der Waals surface area contributed by atoms with Gasteiger partial charge in [0.2, 0.25) is 0 Å². The molecule has 0 saturated heterocycles. The van der Waals surface area contributed by atoms with Gasteiger partial charge in [0.25, 0.3) is 0 Å². The SMILES string of the molecule is CCCC(CCC)Nc1ccc(C)c(I)c1. The van der Waals surface area contributed by atoms with Gasteiger partial charge in [0.15, 0.2) is 0 Å². The molecule has 1 aromatic carbocycles. The van der Waals surface area contributed by atoms with Gasteiger partial charge >= 0.3 is 0 Å². The van der Waals surface area contributed by atoms with Crippen LogP contribution < -0.4 is 5.32 Å². The lowest BCUT2D eigenvalue weighted by Crippen LogP contribution is -2.18. The summed E-state index contributed by atoms with van der Waals surface area (Å²) in [6.45, 7) is 6.66. The van der Waals surface area contributed by atoms with Crippen molar-refractivity contribution in [3.63, 3.8) is 0 Å². The molecule has 0 aromatic heterocycles. The van der Waals surface area contributed by atoms with Crippen LogP contribution in [0.4, 0.5) is 5.69 Å². The van der Waals surface area contributed by atoms with Gasteiger partial charge in [-0.25, -0.2) is 0 Å². The number of halogens is 1. The molecule has 1 aromatic rings. The maximum Gasteiger partial charge on any atom is 0.0353 e. The Morgan fingerprint density at radius 1 is 1.19 bits per heavy atom. The summed E-state index contributed by atoms with van der Waals surface area (Å²) in [5.41, 5.74) is 2.62. The highest BCUT2D eigenvalue weighted by atomic mass is 127. The lowest BCUT2D eigenvalue weighted by molar-refractivity contribution is 0.586. The molecule has 90 valence electrons. The zero-order valence-electron chi connectivity index (χ0n) is 10.5. The number of benzene rings is 1. The number of rotatable bonds is 6. The van der Waals surface area contributed by atoms with Gasteiger partial charge < -0.3 is 5.32 Å². The Morgan fingerprint density at radius 2 is 1.81 bits per heavy atom. The summed E-state index contributed by atoms with van der Waals surface area (Å²) in [6.07, 6.45) is 5.03. The molecule has 1 N–H and O–H groups in total. The van der Waals surface area contributed by atoms with Crippen molar-refractivity contribution in [2.45, 2.75) is 52.5 Å². The Kier molecular flexibility index (Phi) is 6.17. The van der Waals surface area contributed by atoms with Crippen LogP contribution in [0.1, 0.15) is 45.1 Å². The zero-order valence-corrected chi connectivity index (χ0v) is 12.7. The topological polar surface area (TPSA) is 12.0 Å². The van der Waals surface area contributed by atoms with E-state index in [2.05, 4.69) is 66.9 Å². The van der Waals surface area contributed by atoms with E-state index in [1.165, 1.54) is 40.5 Å². The van der Waals surface area contributed by atoms with E-state index >= 15 is 0 Å². The van der Waals surface area contributed by atoms with E-state index in [1.54, 1.807) is 0 Å². The van der Waals surface area contributed by atoms with Crippen molar-refractivity contribution in [1.82, 2.24) is 0 Å². The van der Waals surface area contributed by atoms with E-state index in [4.69, 9.17) is 0 Å². The Morgan fingerprint density at radius 3 is 2.31 bits per heavy atom. The molecule has 0 heterocycles. The van der Waals surface area contributed by atoms with Crippen LogP contribution in [0.25, 0.3) is 0 Å². The lowest BCUT2D eigenvalue weighted by atomic mass is 10.1. The second-order valence-electron chi connectivity index (χ2n) is 4.38. The number of hydrogen-bond acceptors (Lipinski definition) is 1. The molecule has 0 atom stereocenters. The zero-order chi connectivity index (χ0) is 12.0. The van der Waals surface area contributed by atoms with Crippen LogP contribution >= 0.6 is 22.6 Å². The minimum Gasteiger partial charge on any atom is -0.382 e. The predicted octanol–water partition coefficient (Wildman–Crippen LogP) is 4.98. The van der Waals surface area contributed by atoms with Crippen LogP contribution in [-0.2, 0) is 0 Å². The smallest absolute Gasteiger partial charge is 0.0353 e. The van der Waals surface area contributed by atoms with Gasteiger partial charge in [-0.2, -0.15) is 0 Å². The Bertz CT molecular complexity index is 317. The summed E-state index contributed by atoms with van der Waals surface area (Å²) < 4.78 is 1.34. The van der Waals surface area contributed by atoms with Gasteiger partial charge in [-0.05, 0) is 60.1 Å². The molecule has 0 fully saturated rings. The molecule has 1 rings (SSSR count). The van der Waals surface area contributed by atoms with Crippen LogP contribution in [0.3, 0.4) is 0 Å². The maximum atomic E-state index is 3.64. The summed E-state index contributed by atoms with van der Waals surface area (Å²) in [5, 5.41) is 3.64. The predicted molar refractivity (Wildman–Crippen MR) is 81.1 cm³/mol. The highest BCUT2D eigenvalue weighted by Crippen LogP contribution is 2.19. The summed E-state index contributed by atoms with van der Waals surface area (Å²) in [7, 11) is 0. The average Bonchev–Trinajstić information content (AvgIpc) is 2.24. The first-order valence-electron chi connectivity index (χ1n) is 6.20. The number of nitrogens with one attached hydrogen (secondary N) is 1. The Labute approximate surface area is 113 Å². The van der Waals surface area contributed by atoms with Crippen molar-refractivity contribution in [3.8, 4) is 0 Å². The highest BCUT2D eigenvalue weighted by molar-refractivity contribution is 14.1. The molecule has 0 bridgehead atoms. The number of hydrogen-bond donors (Lipinski definition) is 1. The molecule has 0 aliphatic carbocycles. The molecular weight excluding hydrogens is 309 g/mol. The van der Waals surface area contributed by atoms with Crippen LogP contribution in [0, 0.1) is 10.5 Å². The molecule has 0 radical (unpaired) electrons. The third-order valence-corrected chi connectivity index (χ3v) is 3.98. The third kappa shape index (κ3) is 4.32. The monoisotopic (exact) mass is 331 g/mol. The van der Waals surface area contributed by atoms with Crippen molar-refractivity contribution in [2.75, 3.05) is 5.32 Å². The van der Waals surface area contributed by atoms with E-state index in [0.717, 1.165) is 0 Å². The highest BCUT2D eigenvalue weighted by Gasteiger charge is 2.06. The summed E-state index contributed by atoms with van der Waals surface area (Å²) in [5.74, 6) is 0. The van der Waals surface area contributed by atoms with Gasteiger partial charge in [0.05, 0.1) is 0 Å². The first kappa shape index (κ1) is 13.8. The number of anilines is 1. The van der Waals surface area contributed by atoms with E-state index in [1.807, 2.05) is 0 Å². The lowest BCUT2D eigenvalue weighted by Gasteiger charge is -2.19. The normalized spacial score (nSPS) is 10.8. The molecule has 0 spiro atoms. The van der Waals surface area contributed by atoms with Crippen molar-refractivity contribution in [1.29, 1.82) is 0 Å². The van der Waals surface area contributed by atoms with E-state index in [-0.39, 0.29) is 0 Å². The molecular formula is C14H22IN. The van der Waals surface area contributed by atoms with Crippen LogP contribution in [0.15, 0.2) is 18.2 Å². The second kappa shape index (κ2) is 7.15. The second-order valence-corrected chi connectivity index (χ2v) is 5.54. The molecule has 0 unspecified atom stereocenters. The van der Waals surface area contributed by atoms with Gasteiger partial charge in [0, 0.05) is 15.3 Å². The van der Waals surface area contributed by atoms with E-state index in [9.17, 15) is 0 Å². The molecule has 2 heteroatoms. The standard InChI is InChI=1S/C14H22IN/c1-4-6-12(7-5-2)16-13-9-8-11(3)14(15)10-13/h8-10,12,16H,4-7H2,1-3H3. The molecule has 0 amide bonds. The van der Waals surface area contributed by atoms with E-state index < -0.39 is 0 Å². The van der Waals surface area contributed by atoms with Gasteiger partial charge in [0.1, 0.15) is 0 Å². The first-order valence-corrected chi connectivity index (χ1v) is 7.28. The molecule has 0 saturated carbocycles. The van der Waals surface area contributed by atoms with Crippen LogP contribution in [0.2, 0.25) is 0 Å². The Hall–Kier alpha value is -0.250. The summed E-state index contributed by atoms with van der Waals surface area (Å²) in [4.78, 5) is 0. The third-order valence-electron chi connectivity index (χ3n) is 2.82. The molecule has 0 aliphatic rings. The van der Waals surface area contributed by atoms with Crippen molar-refractivity contribution in [3.05, 3.63) is 27.3 Å². The quantitative estimate of drug-likeness (QED) is 0.725. The maximum absolute atomic E-state index is 3.64. The van der Waals surface area contributed by atoms with E-state index in [0.29, 0.717) is 6.04 Å². The van der Waals surface area contributed by atoms with Crippen molar-refractivity contribution in [2.24, 2.45) is 0 Å². The van der Waals surface area contributed by atoms with Crippen molar-refractivity contribution < 1.29 is 0 Å². The fourth-order valence-electron chi connectivity index (χ4n) is 1.90. The molecule has 0 aliphatic heterocycles. The molecule has 1 nitrogen and oxygen atoms in total. The molecule has 16 heavy (non-hydrogen) atoms. The first-order chi connectivity index (χ1) is 7.67. The Balaban J connectivity index is 2.65. The van der Waals surface area contributed by atoms with Crippen LogP contribution in [0.5, 0.6) is 0 Å². The minimum atomic E-state index is 0.633. The van der Waals surface area contributed by atoms with Crippen molar-refractivity contribution >= 4 is 28.3 Å². The summed E-state index contributed by atoms with van der Waals surface area (Å²) in [6, 6.07) is 7.26. The fraction of sp³-hybridized carbons (Fsp3) is 0.571. The number of aryl methyl sites for hydroxylation is 1. The van der Waals surface area contributed by atoms with Gasteiger partial charge in [-0.15, -0.1) is 0 Å².